The molecule has 0 fully saturated rings. The predicted molar refractivity (Wildman–Crippen MR) is 87.1 cm³/mol. The molecule has 3 rings (SSSR count). The van der Waals surface area contributed by atoms with E-state index in [1.165, 1.54) is 12.1 Å². The Morgan fingerprint density at radius 2 is 1.87 bits per heavy atom. The molecule has 1 aromatic heterocycles. The number of halogens is 1. The van der Waals surface area contributed by atoms with Crippen LogP contribution in [0.1, 0.15) is 25.1 Å². The van der Waals surface area contributed by atoms with E-state index in [0.29, 0.717) is 5.69 Å². The fraction of sp³-hybridized carbons (Fsp3) is 0.278. The van der Waals surface area contributed by atoms with E-state index >= 15 is 0 Å². The summed E-state index contributed by atoms with van der Waals surface area (Å²) in [6.45, 7) is 5.09. The van der Waals surface area contributed by atoms with E-state index in [2.05, 4.69) is 58.4 Å². The zero-order chi connectivity index (χ0) is 16.4. The van der Waals surface area contributed by atoms with Crippen LogP contribution in [-0.2, 0) is 0 Å². The number of nitrogens with zero attached hydrogens (tertiary/aromatic N) is 4. The summed E-state index contributed by atoms with van der Waals surface area (Å²) in [5.41, 5.74) is 1.33. The average molecular weight is 309 g/mol. The van der Waals surface area contributed by atoms with Crippen molar-refractivity contribution in [1.82, 2.24) is 14.9 Å². The molecule has 1 aliphatic rings. The molecule has 0 spiro atoms. The van der Waals surface area contributed by atoms with E-state index in [1.807, 2.05) is 0 Å². The molecule has 0 saturated carbocycles. The molecule has 1 aliphatic heterocycles. The summed E-state index contributed by atoms with van der Waals surface area (Å²) in [6.07, 6.45) is 5.52. The number of hydrogen-bond donors (Lipinski definition) is 0. The predicted octanol–water partition coefficient (Wildman–Crippen LogP) is 2.41. The van der Waals surface area contributed by atoms with Crippen molar-refractivity contribution in [2.45, 2.75) is 19.4 Å². The Bertz CT molecular complexity index is 796. The average Bonchev–Trinajstić information content (AvgIpc) is 2.81. The van der Waals surface area contributed by atoms with Gasteiger partial charge in [0, 0.05) is 5.56 Å². The lowest BCUT2D eigenvalue weighted by atomic mass is 10.1. The van der Waals surface area contributed by atoms with Gasteiger partial charge in [0.2, 0.25) is 0 Å². The molecule has 2 heterocycles. The topological polar surface area (TPSA) is 32.0 Å². The Hall–Kier alpha value is -2.58. The molecule has 5 heteroatoms. The molecular formula is C18H18FN4+. The Balaban J connectivity index is 1.77. The Labute approximate surface area is 135 Å². The van der Waals surface area contributed by atoms with Crippen molar-refractivity contribution >= 4 is 12.0 Å². The number of hydrogen-bond acceptors (Lipinski definition) is 3. The highest BCUT2D eigenvalue weighted by atomic mass is 19.1. The maximum atomic E-state index is 12.8. The molecule has 2 aromatic rings. The van der Waals surface area contributed by atoms with Gasteiger partial charge < -0.3 is 0 Å². The quantitative estimate of drug-likeness (QED) is 0.599. The molecule has 23 heavy (non-hydrogen) atoms. The van der Waals surface area contributed by atoms with Crippen LogP contribution in [0.3, 0.4) is 0 Å². The van der Waals surface area contributed by atoms with Gasteiger partial charge in [-0.25, -0.2) is 13.9 Å². The summed E-state index contributed by atoms with van der Waals surface area (Å²) in [5.74, 6) is 6.42. The first-order valence-corrected chi connectivity index (χ1v) is 7.38. The molecule has 0 aliphatic carbocycles. The first-order chi connectivity index (χ1) is 10.9. The smallest absolute Gasteiger partial charge is 0.258 e. The van der Waals surface area contributed by atoms with Gasteiger partial charge in [0.25, 0.3) is 0 Å². The Kier molecular flexibility index (Phi) is 3.93. The maximum absolute atomic E-state index is 12.8. The molecule has 0 unspecified atom stereocenters. The summed E-state index contributed by atoms with van der Waals surface area (Å²) >= 11 is 0. The lowest BCUT2D eigenvalue weighted by molar-refractivity contribution is -0.450. The van der Waals surface area contributed by atoms with Crippen molar-refractivity contribution in [3.8, 4) is 11.8 Å². The Morgan fingerprint density at radius 3 is 2.43 bits per heavy atom. The molecule has 4 nitrogen and oxygen atoms in total. The lowest BCUT2D eigenvalue weighted by Crippen LogP contribution is -2.37. The molecule has 0 saturated heterocycles. The van der Waals surface area contributed by atoms with Gasteiger partial charge in [0.05, 0.1) is 11.8 Å². The summed E-state index contributed by atoms with van der Waals surface area (Å²) in [5, 5.41) is 0. The summed E-state index contributed by atoms with van der Waals surface area (Å²) in [7, 11) is 2.08. The van der Waals surface area contributed by atoms with Crippen LogP contribution in [0, 0.1) is 17.7 Å². The van der Waals surface area contributed by atoms with E-state index in [9.17, 15) is 4.39 Å². The molecule has 116 valence electrons. The molecule has 1 aromatic carbocycles. The van der Waals surface area contributed by atoms with Gasteiger partial charge >= 0.3 is 5.82 Å². The van der Waals surface area contributed by atoms with Crippen LogP contribution in [0.5, 0.6) is 0 Å². The molecule has 0 atom stereocenters. The summed E-state index contributed by atoms with van der Waals surface area (Å²) in [4.78, 5) is 11.0. The van der Waals surface area contributed by atoms with E-state index in [-0.39, 0.29) is 11.4 Å². The Morgan fingerprint density at radius 1 is 1.13 bits per heavy atom. The van der Waals surface area contributed by atoms with Crippen LogP contribution >= 0.6 is 0 Å². The standard InChI is InChI=1S/C18H18FN4/c1-18(2)12-23(13-22(18)3)17-11-20-16(10-21-17)9-6-14-4-7-15(19)8-5-14/h4-5,7-8,10-12H,13H2,1-3H3/q+1. The molecule has 0 bridgehead atoms. The third-order valence-electron chi connectivity index (χ3n) is 3.93. The van der Waals surface area contributed by atoms with Crippen LogP contribution in [-0.4, -0.2) is 44.9 Å². The molecule has 0 amide bonds. The summed E-state index contributed by atoms with van der Waals surface area (Å²) < 4.78 is 14.9. The minimum atomic E-state index is -0.269. The minimum absolute atomic E-state index is 0.00272. The van der Waals surface area contributed by atoms with Crippen LogP contribution in [0.4, 0.5) is 10.2 Å². The molecule has 0 radical (unpaired) electrons. The molecular weight excluding hydrogens is 291 g/mol. The number of rotatable bonds is 1. The van der Waals surface area contributed by atoms with Crippen molar-refractivity contribution < 1.29 is 8.97 Å². The third-order valence-corrected chi connectivity index (χ3v) is 3.93. The summed E-state index contributed by atoms with van der Waals surface area (Å²) in [6, 6.07) is 6.06. The largest absolute Gasteiger partial charge is 0.342 e. The highest BCUT2D eigenvalue weighted by molar-refractivity contribution is 5.66. The fourth-order valence-corrected chi connectivity index (χ4v) is 2.27. The van der Waals surface area contributed by atoms with Crippen LogP contribution in [0.2, 0.25) is 0 Å². The van der Waals surface area contributed by atoms with Gasteiger partial charge in [-0.2, -0.15) is 0 Å². The monoisotopic (exact) mass is 309 g/mol. The van der Waals surface area contributed by atoms with Crippen molar-refractivity contribution in [2.24, 2.45) is 0 Å². The van der Waals surface area contributed by atoms with E-state index in [4.69, 9.17) is 0 Å². The highest BCUT2D eigenvalue weighted by Crippen LogP contribution is 2.19. The number of benzene rings is 1. The van der Waals surface area contributed by atoms with E-state index in [1.54, 1.807) is 24.5 Å². The second kappa shape index (κ2) is 5.90. The zero-order valence-corrected chi connectivity index (χ0v) is 13.4. The first-order valence-electron chi connectivity index (χ1n) is 7.38. The van der Waals surface area contributed by atoms with Crippen molar-refractivity contribution in [3.63, 3.8) is 0 Å². The normalized spacial score (nSPS) is 16.6. The van der Waals surface area contributed by atoms with E-state index < -0.39 is 0 Å². The van der Waals surface area contributed by atoms with Crippen molar-refractivity contribution in [1.29, 1.82) is 0 Å². The van der Waals surface area contributed by atoms with Gasteiger partial charge in [-0.3, -0.25) is 4.90 Å². The maximum Gasteiger partial charge on any atom is 0.342 e. The number of aromatic nitrogens is 2. The second-order valence-electron chi connectivity index (χ2n) is 6.11. The van der Waals surface area contributed by atoms with Crippen LogP contribution in [0.25, 0.3) is 0 Å². The third kappa shape index (κ3) is 3.43. The van der Waals surface area contributed by atoms with Gasteiger partial charge in [0.1, 0.15) is 18.7 Å². The lowest BCUT2D eigenvalue weighted by Gasteiger charge is -2.21. The van der Waals surface area contributed by atoms with Gasteiger partial charge in [-0.1, -0.05) is 5.92 Å². The molecule has 0 N–H and O–H groups in total. The van der Waals surface area contributed by atoms with Crippen LogP contribution in [0.15, 0.2) is 36.7 Å². The van der Waals surface area contributed by atoms with Gasteiger partial charge in [0.15, 0.2) is 11.9 Å². The first kappa shape index (κ1) is 15.3. The van der Waals surface area contributed by atoms with Crippen LogP contribution < -0.4 is 0 Å². The van der Waals surface area contributed by atoms with Crippen molar-refractivity contribution in [2.75, 3.05) is 13.7 Å². The van der Waals surface area contributed by atoms with Gasteiger partial charge in [-0.05, 0) is 56.1 Å². The van der Waals surface area contributed by atoms with Gasteiger partial charge in [-0.15, -0.1) is 0 Å². The zero-order valence-electron chi connectivity index (χ0n) is 13.4. The van der Waals surface area contributed by atoms with E-state index in [0.717, 1.165) is 18.1 Å². The minimum Gasteiger partial charge on any atom is -0.258 e. The van der Waals surface area contributed by atoms with Crippen molar-refractivity contribution in [3.05, 3.63) is 53.7 Å². The second-order valence-corrected chi connectivity index (χ2v) is 6.11. The SMILES string of the molecule is CN1C[N+](c2cnc(C#Cc3ccc(F)cc3)cn2)=CC1(C)C. The fourth-order valence-electron chi connectivity index (χ4n) is 2.27. The highest BCUT2D eigenvalue weighted by Gasteiger charge is 2.33.